The topological polar surface area (TPSA) is 119 Å². The number of imide groups is 1. The highest BCUT2D eigenvalue weighted by Crippen LogP contribution is 2.35. The zero-order valence-electron chi connectivity index (χ0n) is 20.8. The van der Waals surface area contributed by atoms with E-state index in [2.05, 4.69) is 5.32 Å². The molecule has 0 radical (unpaired) electrons. The van der Waals surface area contributed by atoms with E-state index in [9.17, 15) is 22.8 Å². The highest BCUT2D eigenvalue weighted by molar-refractivity contribution is 8.18. The Hall–Kier alpha value is -4.09. The molecule has 0 spiro atoms. The first-order valence-corrected chi connectivity index (χ1v) is 13.6. The normalized spacial score (nSPS) is 14.6. The number of methoxy groups -OCH3 is 1. The lowest BCUT2D eigenvalue weighted by Gasteiger charge is -2.13. The number of hydrogen-bond acceptors (Lipinski definition) is 8. The molecule has 1 heterocycles. The van der Waals surface area contributed by atoms with Gasteiger partial charge >= 0.3 is 10.1 Å². The number of carbonyl (C=O) groups excluding carboxylic acids is 3. The lowest BCUT2D eigenvalue weighted by molar-refractivity contribution is -0.127. The van der Waals surface area contributed by atoms with E-state index >= 15 is 0 Å². The number of nitrogens with one attached hydrogen (secondary N) is 1. The number of benzene rings is 3. The molecule has 1 saturated heterocycles. The second kappa shape index (κ2) is 11.1. The average molecular weight is 553 g/mol. The summed E-state index contributed by atoms with van der Waals surface area (Å²) < 4.78 is 35.7. The van der Waals surface area contributed by atoms with Gasteiger partial charge in [-0.1, -0.05) is 30.3 Å². The number of hydrogen-bond donors (Lipinski definition) is 1. The summed E-state index contributed by atoms with van der Waals surface area (Å²) in [4.78, 5) is 38.8. The maximum Gasteiger partial charge on any atom is 0.339 e. The van der Waals surface area contributed by atoms with Crippen LogP contribution in [0, 0.1) is 13.8 Å². The van der Waals surface area contributed by atoms with Crippen molar-refractivity contribution in [1.82, 2.24) is 4.90 Å². The average Bonchev–Trinajstić information content (AvgIpc) is 3.14. The van der Waals surface area contributed by atoms with Crippen LogP contribution in [0.15, 0.2) is 76.5 Å². The first-order chi connectivity index (χ1) is 18.1. The van der Waals surface area contributed by atoms with Crippen LogP contribution in [-0.2, 0) is 19.7 Å². The van der Waals surface area contributed by atoms with E-state index in [-0.39, 0.29) is 21.3 Å². The van der Waals surface area contributed by atoms with Crippen molar-refractivity contribution >= 4 is 50.7 Å². The van der Waals surface area contributed by atoms with Crippen molar-refractivity contribution in [3.05, 3.63) is 88.3 Å². The predicted molar refractivity (Wildman–Crippen MR) is 144 cm³/mol. The van der Waals surface area contributed by atoms with Gasteiger partial charge in [-0.25, -0.2) is 0 Å². The molecule has 1 fully saturated rings. The van der Waals surface area contributed by atoms with Gasteiger partial charge < -0.3 is 14.2 Å². The van der Waals surface area contributed by atoms with Crippen LogP contribution < -0.4 is 14.2 Å². The third kappa shape index (κ3) is 6.06. The van der Waals surface area contributed by atoms with Gasteiger partial charge in [-0.3, -0.25) is 19.3 Å². The molecule has 38 heavy (non-hydrogen) atoms. The molecular weight excluding hydrogens is 528 g/mol. The molecule has 1 N–H and O–H groups in total. The SMILES string of the molecule is COc1cc(/C=C2\SC(=O)N(CC(=O)Nc3ccc(C)c(C)c3)C2=O)ccc1OS(=O)(=O)c1ccccc1. The minimum atomic E-state index is -4.09. The van der Waals surface area contributed by atoms with Gasteiger partial charge in [0.15, 0.2) is 11.5 Å². The van der Waals surface area contributed by atoms with Crippen molar-refractivity contribution in [3.63, 3.8) is 0 Å². The number of amides is 3. The lowest BCUT2D eigenvalue weighted by Crippen LogP contribution is -2.36. The van der Waals surface area contributed by atoms with Gasteiger partial charge in [0.2, 0.25) is 5.91 Å². The van der Waals surface area contributed by atoms with Gasteiger partial charge in [0.25, 0.3) is 11.1 Å². The number of anilines is 1. The van der Waals surface area contributed by atoms with Crippen LogP contribution in [0.3, 0.4) is 0 Å². The van der Waals surface area contributed by atoms with Crippen LogP contribution in [0.1, 0.15) is 16.7 Å². The van der Waals surface area contributed by atoms with Gasteiger partial charge in [0.05, 0.1) is 12.0 Å². The molecule has 4 rings (SSSR count). The van der Waals surface area contributed by atoms with Crippen LogP contribution in [0.2, 0.25) is 0 Å². The predicted octanol–water partition coefficient (Wildman–Crippen LogP) is 4.75. The number of carbonyl (C=O) groups is 3. The summed E-state index contributed by atoms with van der Waals surface area (Å²) in [6, 6.07) is 17.5. The molecular formula is C27H24N2O7S2. The molecule has 3 aromatic carbocycles. The molecule has 3 amide bonds. The Morgan fingerprint density at radius 2 is 1.71 bits per heavy atom. The van der Waals surface area contributed by atoms with Crippen molar-refractivity contribution < 1.29 is 31.7 Å². The third-order valence-corrected chi connectivity index (χ3v) is 7.84. The van der Waals surface area contributed by atoms with Crippen LogP contribution in [0.4, 0.5) is 10.5 Å². The third-order valence-electron chi connectivity index (χ3n) is 5.68. The van der Waals surface area contributed by atoms with Crippen LogP contribution in [-0.4, -0.2) is 44.0 Å². The van der Waals surface area contributed by atoms with Crippen LogP contribution in [0.25, 0.3) is 6.08 Å². The molecule has 3 aromatic rings. The van der Waals surface area contributed by atoms with Crippen LogP contribution >= 0.6 is 11.8 Å². The molecule has 0 aromatic heterocycles. The van der Waals surface area contributed by atoms with E-state index in [1.165, 1.54) is 43.5 Å². The molecule has 0 bridgehead atoms. The summed E-state index contributed by atoms with van der Waals surface area (Å²) in [6.45, 7) is 3.45. The van der Waals surface area contributed by atoms with E-state index in [1.807, 2.05) is 26.0 Å². The first kappa shape index (κ1) is 27.0. The molecule has 0 unspecified atom stereocenters. The number of rotatable bonds is 8. The smallest absolute Gasteiger partial charge is 0.339 e. The second-order valence-corrected chi connectivity index (χ2v) is 10.9. The fourth-order valence-electron chi connectivity index (χ4n) is 3.55. The summed E-state index contributed by atoms with van der Waals surface area (Å²) in [5, 5.41) is 2.13. The first-order valence-electron chi connectivity index (χ1n) is 11.4. The molecule has 0 aliphatic carbocycles. The van der Waals surface area contributed by atoms with Crippen molar-refractivity contribution in [3.8, 4) is 11.5 Å². The number of ether oxygens (including phenoxy) is 1. The maximum atomic E-state index is 12.9. The zero-order valence-corrected chi connectivity index (χ0v) is 22.4. The van der Waals surface area contributed by atoms with Crippen LogP contribution in [0.5, 0.6) is 11.5 Å². The molecule has 11 heteroatoms. The number of aryl methyl sites for hydroxylation is 2. The van der Waals surface area contributed by atoms with Gasteiger partial charge in [0.1, 0.15) is 11.4 Å². The zero-order chi connectivity index (χ0) is 27.4. The molecule has 1 aliphatic rings. The summed E-state index contributed by atoms with van der Waals surface area (Å²) in [7, 11) is -2.74. The Morgan fingerprint density at radius 1 is 0.974 bits per heavy atom. The van der Waals surface area contributed by atoms with Gasteiger partial charge in [-0.2, -0.15) is 8.42 Å². The number of nitrogens with zero attached hydrogens (tertiary/aromatic N) is 1. The summed E-state index contributed by atoms with van der Waals surface area (Å²) >= 11 is 0.705. The van der Waals surface area contributed by atoms with Gasteiger partial charge in [-0.15, -0.1) is 0 Å². The van der Waals surface area contributed by atoms with E-state index in [0.717, 1.165) is 16.0 Å². The van der Waals surface area contributed by atoms with Crippen molar-refractivity contribution in [2.45, 2.75) is 18.7 Å². The Morgan fingerprint density at radius 3 is 2.39 bits per heavy atom. The maximum absolute atomic E-state index is 12.9. The standard InChI is InChI=1S/C27H24N2O7S2/c1-17-9-11-20(13-18(17)2)28-25(30)16-29-26(31)24(37-27(29)32)15-19-10-12-22(23(14-19)35-3)36-38(33,34)21-7-5-4-6-8-21/h4-15H,16H2,1-3H3,(H,28,30)/b24-15-. The monoisotopic (exact) mass is 552 g/mol. The summed E-state index contributed by atoms with van der Waals surface area (Å²) in [5.41, 5.74) is 3.12. The minimum Gasteiger partial charge on any atom is -0.493 e. The highest BCUT2D eigenvalue weighted by Gasteiger charge is 2.36. The minimum absolute atomic E-state index is 0.0126. The Labute approximate surface area is 224 Å². The van der Waals surface area contributed by atoms with Gasteiger partial charge in [0, 0.05) is 5.69 Å². The largest absolute Gasteiger partial charge is 0.493 e. The van der Waals surface area contributed by atoms with Crippen molar-refractivity contribution in [1.29, 1.82) is 0 Å². The molecule has 1 aliphatic heterocycles. The fraction of sp³-hybridized carbons (Fsp3) is 0.148. The number of thioether (sulfide) groups is 1. The highest BCUT2D eigenvalue weighted by atomic mass is 32.2. The Bertz CT molecular complexity index is 1550. The van der Waals surface area contributed by atoms with Gasteiger partial charge in [-0.05, 0) is 84.8 Å². The fourth-order valence-corrected chi connectivity index (χ4v) is 5.35. The Balaban J connectivity index is 1.48. The van der Waals surface area contributed by atoms with E-state index in [0.29, 0.717) is 23.0 Å². The van der Waals surface area contributed by atoms with E-state index in [4.69, 9.17) is 8.92 Å². The Kier molecular flexibility index (Phi) is 7.88. The summed E-state index contributed by atoms with van der Waals surface area (Å²) in [5.74, 6) is -1.03. The molecule has 9 nitrogen and oxygen atoms in total. The molecule has 0 saturated carbocycles. The second-order valence-electron chi connectivity index (χ2n) is 8.38. The summed E-state index contributed by atoms with van der Waals surface area (Å²) in [6.07, 6.45) is 1.46. The van der Waals surface area contributed by atoms with Crippen molar-refractivity contribution in [2.75, 3.05) is 19.0 Å². The van der Waals surface area contributed by atoms with Crippen molar-refractivity contribution in [2.24, 2.45) is 0 Å². The van der Waals surface area contributed by atoms with E-state index in [1.54, 1.807) is 24.3 Å². The quantitative estimate of drug-likeness (QED) is 0.314. The molecule has 0 atom stereocenters. The van der Waals surface area contributed by atoms with E-state index < -0.39 is 33.7 Å². The lowest BCUT2D eigenvalue weighted by atomic mass is 10.1. The molecule has 196 valence electrons.